The Bertz CT molecular complexity index is 442. The third-order valence-corrected chi connectivity index (χ3v) is 3.17. The van der Waals surface area contributed by atoms with Gasteiger partial charge in [0.2, 0.25) is 0 Å². The maximum atomic E-state index is 5.63. The van der Waals surface area contributed by atoms with Crippen LogP contribution in [-0.2, 0) is 5.41 Å². The third kappa shape index (κ3) is 2.82. The zero-order valence-electron chi connectivity index (χ0n) is 10.9. The summed E-state index contributed by atoms with van der Waals surface area (Å²) in [5.41, 5.74) is 2.80. The Morgan fingerprint density at radius 3 is 2.59 bits per heavy atom. The van der Waals surface area contributed by atoms with E-state index in [2.05, 4.69) is 44.9 Å². The van der Waals surface area contributed by atoms with Crippen molar-refractivity contribution in [3.05, 3.63) is 29.3 Å². The molecule has 90 valence electrons. The fourth-order valence-electron chi connectivity index (χ4n) is 2.05. The minimum Gasteiger partial charge on any atom is -0.481 e. The van der Waals surface area contributed by atoms with Crippen LogP contribution in [0.15, 0.2) is 18.2 Å². The van der Waals surface area contributed by atoms with E-state index >= 15 is 0 Å². The second-order valence-electron chi connectivity index (χ2n) is 5.77. The van der Waals surface area contributed by atoms with Gasteiger partial charge in [0.1, 0.15) is 12.4 Å². The first kappa shape index (κ1) is 12.0. The zero-order valence-corrected chi connectivity index (χ0v) is 10.9. The van der Waals surface area contributed by atoms with Gasteiger partial charge >= 0.3 is 0 Å². The molecule has 1 heteroatoms. The highest BCUT2D eigenvalue weighted by Crippen LogP contribution is 2.43. The average molecular weight is 228 g/mol. The van der Waals surface area contributed by atoms with E-state index < -0.39 is 0 Å². The standard InChI is InChI=1S/C16H20O/c1-5-10-17-15-9-8-13(12-6-7-12)11-14(15)16(2,3)4/h1,8-9,11-12H,6-7,10H2,2-4H3. The van der Waals surface area contributed by atoms with Gasteiger partial charge in [0.25, 0.3) is 0 Å². The van der Waals surface area contributed by atoms with Gasteiger partial charge in [-0.1, -0.05) is 38.8 Å². The molecule has 1 aromatic carbocycles. The van der Waals surface area contributed by atoms with Gasteiger partial charge in [-0.2, -0.15) is 0 Å². The van der Waals surface area contributed by atoms with Crippen molar-refractivity contribution in [2.24, 2.45) is 0 Å². The van der Waals surface area contributed by atoms with Crippen molar-refractivity contribution in [1.29, 1.82) is 0 Å². The first-order valence-electron chi connectivity index (χ1n) is 6.23. The molecule has 0 amide bonds. The van der Waals surface area contributed by atoms with Crippen LogP contribution in [-0.4, -0.2) is 6.61 Å². The monoisotopic (exact) mass is 228 g/mol. The minimum atomic E-state index is 0.0921. The van der Waals surface area contributed by atoms with Crippen LogP contribution >= 0.6 is 0 Å². The number of hydrogen-bond donors (Lipinski definition) is 0. The fraction of sp³-hybridized carbons (Fsp3) is 0.500. The van der Waals surface area contributed by atoms with Crippen molar-refractivity contribution < 1.29 is 4.74 Å². The van der Waals surface area contributed by atoms with Crippen molar-refractivity contribution in [2.75, 3.05) is 6.61 Å². The van der Waals surface area contributed by atoms with E-state index in [4.69, 9.17) is 11.2 Å². The average Bonchev–Trinajstić information content (AvgIpc) is 3.08. The number of hydrogen-bond acceptors (Lipinski definition) is 1. The molecule has 0 aromatic heterocycles. The van der Waals surface area contributed by atoms with Crippen LogP contribution < -0.4 is 4.74 Å². The van der Waals surface area contributed by atoms with Gasteiger partial charge in [-0.15, -0.1) is 6.42 Å². The topological polar surface area (TPSA) is 9.23 Å². The third-order valence-electron chi connectivity index (χ3n) is 3.17. The van der Waals surface area contributed by atoms with E-state index in [9.17, 15) is 0 Å². The van der Waals surface area contributed by atoms with Crippen LogP contribution in [0.3, 0.4) is 0 Å². The SMILES string of the molecule is C#CCOc1ccc(C2CC2)cc1C(C)(C)C. The van der Waals surface area contributed by atoms with Gasteiger partial charge in [-0.3, -0.25) is 0 Å². The lowest BCUT2D eigenvalue weighted by atomic mass is 9.85. The maximum Gasteiger partial charge on any atom is 0.148 e. The van der Waals surface area contributed by atoms with E-state index in [1.807, 2.05) is 0 Å². The summed E-state index contributed by atoms with van der Waals surface area (Å²) in [6.07, 6.45) is 7.90. The lowest BCUT2D eigenvalue weighted by Crippen LogP contribution is -2.14. The van der Waals surface area contributed by atoms with Crippen LogP contribution in [0.25, 0.3) is 0 Å². The van der Waals surface area contributed by atoms with Crippen LogP contribution in [0, 0.1) is 12.3 Å². The van der Waals surface area contributed by atoms with Crippen LogP contribution in [0.1, 0.15) is 50.7 Å². The Labute approximate surface area is 104 Å². The predicted octanol–water partition coefficient (Wildman–Crippen LogP) is 3.87. The Morgan fingerprint density at radius 2 is 2.06 bits per heavy atom. The summed E-state index contributed by atoms with van der Waals surface area (Å²) in [5.74, 6) is 4.23. The smallest absolute Gasteiger partial charge is 0.148 e. The largest absolute Gasteiger partial charge is 0.481 e. The summed E-state index contributed by atoms with van der Waals surface area (Å²) in [4.78, 5) is 0. The highest BCUT2D eigenvalue weighted by molar-refractivity contribution is 5.43. The minimum absolute atomic E-state index is 0.0921. The molecule has 0 bridgehead atoms. The van der Waals surface area contributed by atoms with E-state index in [0.717, 1.165) is 11.7 Å². The summed E-state index contributed by atoms with van der Waals surface area (Å²) >= 11 is 0. The molecule has 17 heavy (non-hydrogen) atoms. The molecule has 0 aliphatic heterocycles. The van der Waals surface area contributed by atoms with E-state index in [-0.39, 0.29) is 5.41 Å². The molecule has 0 N–H and O–H groups in total. The summed E-state index contributed by atoms with van der Waals surface area (Å²) in [6.45, 7) is 6.97. The lowest BCUT2D eigenvalue weighted by Gasteiger charge is -2.23. The highest BCUT2D eigenvalue weighted by atomic mass is 16.5. The number of benzene rings is 1. The van der Waals surface area contributed by atoms with Crippen molar-refractivity contribution in [3.63, 3.8) is 0 Å². The lowest BCUT2D eigenvalue weighted by molar-refractivity contribution is 0.357. The second-order valence-corrected chi connectivity index (χ2v) is 5.77. The molecule has 0 radical (unpaired) electrons. The molecule has 1 aliphatic rings. The molecular formula is C16H20O. The fourth-order valence-corrected chi connectivity index (χ4v) is 2.05. The number of rotatable bonds is 3. The molecule has 1 nitrogen and oxygen atoms in total. The van der Waals surface area contributed by atoms with E-state index in [1.165, 1.54) is 24.0 Å². The Kier molecular flexibility index (Phi) is 3.15. The van der Waals surface area contributed by atoms with Crippen molar-refractivity contribution in [3.8, 4) is 18.1 Å². The molecule has 0 atom stereocenters. The van der Waals surface area contributed by atoms with Gasteiger partial charge in [0.05, 0.1) is 0 Å². The Hall–Kier alpha value is -1.42. The van der Waals surface area contributed by atoms with Gasteiger partial charge in [0, 0.05) is 0 Å². The summed E-state index contributed by atoms with van der Waals surface area (Å²) in [6, 6.07) is 6.55. The first-order chi connectivity index (χ1) is 8.02. The summed E-state index contributed by atoms with van der Waals surface area (Å²) < 4.78 is 5.63. The molecule has 0 unspecified atom stereocenters. The quantitative estimate of drug-likeness (QED) is 0.713. The summed E-state index contributed by atoms with van der Waals surface area (Å²) in [7, 11) is 0. The zero-order chi connectivity index (χ0) is 12.5. The van der Waals surface area contributed by atoms with Crippen molar-refractivity contribution in [1.82, 2.24) is 0 Å². The van der Waals surface area contributed by atoms with Gasteiger partial charge in [0.15, 0.2) is 0 Å². The van der Waals surface area contributed by atoms with Crippen molar-refractivity contribution in [2.45, 2.75) is 44.9 Å². The van der Waals surface area contributed by atoms with Crippen LogP contribution in [0.5, 0.6) is 5.75 Å². The van der Waals surface area contributed by atoms with Gasteiger partial charge in [-0.25, -0.2) is 0 Å². The molecule has 1 aromatic rings. The molecule has 0 spiro atoms. The summed E-state index contributed by atoms with van der Waals surface area (Å²) in [5, 5.41) is 0. The molecule has 2 rings (SSSR count). The second kappa shape index (κ2) is 4.45. The maximum absolute atomic E-state index is 5.63. The molecule has 1 aliphatic carbocycles. The normalized spacial score (nSPS) is 15.4. The van der Waals surface area contributed by atoms with E-state index in [1.54, 1.807) is 0 Å². The molecule has 0 heterocycles. The van der Waals surface area contributed by atoms with E-state index in [0.29, 0.717) is 6.61 Å². The highest BCUT2D eigenvalue weighted by Gasteiger charge is 2.26. The Morgan fingerprint density at radius 1 is 1.35 bits per heavy atom. The van der Waals surface area contributed by atoms with Gasteiger partial charge < -0.3 is 4.74 Å². The first-order valence-corrected chi connectivity index (χ1v) is 6.23. The number of terminal acetylenes is 1. The van der Waals surface area contributed by atoms with Crippen LogP contribution in [0.2, 0.25) is 0 Å². The predicted molar refractivity (Wildman–Crippen MR) is 71.4 cm³/mol. The molecule has 1 fully saturated rings. The Balaban J connectivity index is 2.34. The molecule has 0 saturated heterocycles. The van der Waals surface area contributed by atoms with Crippen LogP contribution in [0.4, 0.5) is 0 Å². The van der Waals surface area contributed by atoms with Gasteiger partial charge in [-0.05, 0) is 41.4 Å². The number of ether oxygens (including phenoxy) is 1. The molecule has 1 saturated carbocycles. The molecular weight excluding hydrogens is 208 g/mol. The van der Waals surface area contributed by atoms with Crippen molar-refractivity contribution >= 4 is 0 Å².